The molecule has 2 heterocycles. The van der Waals surface area contributed by atoms with Gasteiger partial charge in [0.15, 0.2) is 0 Å². The first-order valence-electron chi connectivity index (χ1n) is 7.25. The van der Waals surface area contributed by atoms with Crippen molar-refractivity contribution in [2.45, 2.75) is 38.7 Å². The van der Waals surface area contributed by atoms with E-state index in [2.05, 4.69) is 27.5 Å². The quantitative estimate of drug-likeness (QED) is 0.741. The Hall–Kier alpha value is -1.69. The zero-order valence-electron chi connectivity index (χ0n) is 11.9. The fraction of sp³-hybridized carbons (Fsp3) is 0.643. The number of rotatable bonds is 7. The van der Waals surface area contributed by atoms with Gasteiger partial charge >= 0.3 is 0 Å². The minimum absolute atomic E-state index is 0.121. The summed E-state index contributed by atoms with van der Waals surface area (Å²) in [5, 5.41) is 5.96. The molecule has 1 aromatic heterocycles. The number of amides is 1. The Bertz CT molecular complexity index is 416. The largest absolute Gasteiger partial charge is 0.376 e. The van der Waals surface area contributed by atoms with Gasteiger partial charge in [-0.25, -0.2) is 9.97 Å². The number of nitrogens with one attached hydrogen (secondary N) is 2. The van der Waals surface area contributed by atoms with Crippen LogP contribution in [0.5, 0.6) is 0 Å². The highest BCUT2D eigenvalue weighted by molar-refractivity contribution is 5.93. The SMILES string of the molecule is CCCCNC(=O)c1cnc(NCC2CCCO2)nc1. The highest BCUT2D eigenvalue weighted by Gasteiger charge is 2.15. The van der Waals surface area contributed by atoms with Crippen molar-refractivity contribution in [2.75, 3.05) is 25.0 Å². The van der Waals surface area contributed by atoms with Gasteiger partial charge in [0.05, 0.1) is 11.7 Å². The lowest BCUT2D eigenvalue weighted by Gasteiger charge is -2.10. The monoisotopic (exact) mass is 278 g/mol. The van der Waals surface area contributed by atoms with Crippen LogP contribution in [0.3, 0.4) is 0 Å². The van der Waals surface area contributed by atoms with E-state index < -0.39 is 0 Å². The van der Waals surface area contributed by atoms with Crippen LogP contribution in [-0.2, 0) is 4.74 Å². The minimum Gasteiger partial charge on any atom is -0.376 e. The number of carbonyl (C=O) groups is 1. The van der Waals surface area contributed by atoms with Crippen LogP contribution < -0.4 is 10.6 Å². The Balaban J connectivity index is 1.78. The van der Waals surface area contributed by atoms with Crippen LogP contribution in [0, 0.1) is 0 Å². The third-order valence-corrected chi connectivity index (χ3v) is 3.24. The second kappa shape index (κ2) is 7.79. The van der Waals surface area contributed by atoms with E-state index in [9.17, 15) is 4.79 Å². The normalized spacial score (nSPS) is 17.9. The maximum atomic E-state index is 11.8. The number of unbranched alkanes of at least 4 members (excludes halogenated alkanes) is 1. The molecule has 110 valence electrons. The summed E-state index contributed by atoms with van der Waals surface area (Å²) in [6, 6.07) is 0. The van der Waals surface area contributed by atoms with Crippen LogP contribution in [-0.4, -0.2) is 41.7 Å². The molecule has 0 aliphatic carbocycles. The first-order valence-corrected chi connectivity index (χ1v) is 7.25. The number of hydrogen-bond acceptors (Lipinski definition) is 5. The molecule has 0 bridgehead atoms. The topological polar surface area (TPSA) is 76.1 Å². The van der Waals surface area contributed by atoms with E-state index in [1.165, 1.54) is 0 Å². The van der Waals surface area contributed by atoms with Gasteiger partial charge in [0.2, 0.25) is 5.95 Å². The summed E-state index contributed by atoms with van der Waals surface area (Å²) in [4.78, 5) is 20.1. The second-order valence-corrected chi connectivity index (χ2v) is 4.92. The molecule has 1 aliphatic heterocycles. The lowest BCUT2D eigenvalue weighted by atomic mass is 10.2. The van der Waals surface area contributed by atoms with Crippen molar-refractivity contribution in [1.82, 2.24) is 15.3 Å². The van der Waals surface area contributed by atoms with Gasteiger partial charge < -0.3 is 15.4 Å². The molecule has 20 heavy (non-hydrogen) atoms. The highest BCUT2D eigenvalue weighted by atomic mass is 16.5. The molecule has 1 fully saturated rings. The molecule has 0 aromatic carbocycles. The van der Waals surface area contributed by atoms with E-state index >= 15 is 0 Å². The van der Waals surface area contributed by atoms with Crippen LogP contribution in [0.15, 0.2) is 12.4 Å². The van der Waals surface area contributed by atoms with E-state index in [0.29, 0.717) is 24.6 Å². The molecule has 1 saturated heterocycles. The Morgan fingerprint density at radius 1 is 1.45 bits per heavy atom. The molecule has 2 N–H and O–H groups in total. The molecule has 2 rings (SSSR count). The zero-order chi connectivity index (χ0) is 14.2. The molecule has 1 amide bonds. The van der Waals surface area contributed by atoms with Gasteiger partial charge in [0.1, 0.15) is 0 Å². The van der Waals surface area contributed by atoms with Gasteiger partial charge in [-0.2, -0.15) is 0 Å². The maximum absolute atomic E-state index is 11.8. The van der Waals surface area contributed by atoms with Gasteiger partial charge in [-0.05, 0) is 19.3 Å². The number of anilines is 1. The smallest absolute Gasteiger partial charge is 0.254 e. The molecule has 0 saturated carbocycles. The number of hydrogen-bond donors (Lipinski definition) is 2. The Labute approximate surface area is 119 Å². The molecule has 6 nitrogen and oxygen atoms in total. The van der Waals surface area contributed by atoms with Crippen molar-refractivity contribution < 1.29 is 9.53 Å². The van der Waals surface area contributed by atoms with Crippen molar-refractivity contribution in [1.29, 1.82) is 0 Å². The summed E-state index contributed by atoms with van der Waals surface area (Å²) in [5.74, 6) is 0.412. The Kier molecular flexibility index (Phi) is 5.73. The summed E-state index contributed by atoms with van der Waals surface area (Å²) in [6.07, 6.45) is 7.57. The van der Waals surface area contributed by atoms with Crippen molar-refractivity contribution in [2.24, 2.45) is 0 Å². The van der Waals surface area contributed by atoms with Crippen molar-refractivity contribution in [3.05, 3.63) is 18.0 Å². The molecular formula is C14H22N4O2. The molecule has 1 atom stereocenters. The molecule has 0 radical (unpaired) electrons. The highest BCUT2D eigenvalue weighted by Crippen LogP contribution is 2.12. The summed E-state index contributed by atoms with van der Waals surface area (Å²) >= 11 is 0. The average molecular weight is 278 g/mol. The number of ether oxygens (including phenoxy) is 1. The lowest BCUT2D eigenvalue weighted by molar-refractivity contribution is 0.0952. The molecule has 1 unspecified atom stereocenters. The predicted octanol–water partition coefficient (Wildman–Crippen LogP) is 1.60. The number of nitrogens with zero attached hydrogens (tertiary/aromatic N) is 2. The van der Waals surface area contributed by atoms with E-state index in [1.807, 2.05) is 0 Å². The third kappa shape index (κ3) is 4.45. The van der Waals surface area contributed by atoms with E-state index in [1.54, 1.807) is 12.4 Å². The molecule has 1 aromatic rings. The number of carbonyl (C=O) groups excluding carboxylic acids is 1. The van der Waals surface area contributed by atoms with Crippen LogP contribution in [0.2, 0.25) is 0 Å². The van der Waals surface area contributed by atoms with Gasteiger partial charge in [-0.3, -0.25) is 4.79 Å². The Morgan fingerprint density at radius 2 is 2.25 bits per heavy atom. The summed E-state index contributed by atoms with van der Waals surface area (Å²) in [7, 11) is 0. The minimum atomic E-state index is -0.121. The van der Waals surface area contributed by atoms with Crippen LogP contribution in [0.1, 0.15) is 43.0 Å². The zero-order valence-corrected chi connectivity index (χ0v) is 11.9. The number of aromatic nitrogens is 2. The van der Waals surface area contributed by atoms with E-state index in [4.69, 9.17) is 4.74 Å². The maximum Gasteiger partial charge on any atom is 0.254 e. The van der Waals surface area contributed by atoms with Crippen molar-refractivity contribution in [3.63, 3.8) is 0 Å². The predicted molar refractivity (Wildman–Crippen MR) is 76.7 cm³/mol. The first kappa shape index (κ1) is 14.7. The van der Waals surface area contributed by atoms with Crippen LogP contribution in [0.4, 0.5) is 5.95 Å². The van der Waals surface area contributed by atoms with Gasteiger partial charge in [-0.1, -0.05) is 13.3 Å². The fourth-order valence-corrected chi connectivity index (χ4v) is 2.03. The summed E-state index contributed by atoms with van der Waals surface area (Å²) in [5.41, 5.74) is 0.490. The Morgan fingerprint density at radius 3 is 2.90 bits per heavy atom. The van der Waals surface area contributed by atoms with Gasteiger partial charge in [0, 0.05) is 32.1 Å². The summed E-state index contributed by atoms with van der Waals surface area (Å²) in [6.45, 7) is 4.32. The second-order valence-electron chi connectivity index (χ2n) is 4.92. The molecular weight excluding hydrogens is 256 g/mol. The van der Waals surface area contributed by atoms with Crippen molar-refractivity contribution >= 4 is 11.9 Å². The van der Waals surface area contributed by atoms with Crippen LogP contribution in [0.25, 0.3) is 0 Å². The third-order valence-electron chi connectivity index (χ3n) is 3.24. The van der Waals surface area contributed by atoms with E-state index in [0.717, 1.165) is 32.3 Å². The first-order chi connectivity index (χ1) is 9.79. The fourth-order valence-electron chi connectivity index (χ4n) is 2.03. The molecule has 6 heteroatoms. The molecule has 0 spiro atoms. The van der Waals surface area contributed by atoms with Crippen molar-refractivity contribution in [3.8, 4) is 0 Å². The summed E-state index contributed by atoms with van der Waals surface area (Å²) < 4.78 is 5.51. The molecule has 1 aliphatic rings. The van der Waals surface area contributed by atoms with Crippen LogP contribution >= 0.6 is 0 Å². The van der Waals surface area contributed by atoms with Gasteiger partial charge in [-0.15, -0.1) is 0 Å². The lowest BCUT2D eigenvalue weighted by Crippen LogP contribution is -2.25. The standard InChI is InChI=1S/C14H22N4O2/c1-2-3-6-15-13(19)11-8-16-14(17-9-11)18-10-12-5-4-7-20-12/h8-9,12H,2-7,10H2,1H3,(H,15,19)(H,16,17,18). The van der Waals surface area contributed by atoms with Gasteiger partial charge in [0.25, 0.3) is 5.91 Å². The average Bonchev–Trinajstić information content (AvgIpc) is 2.99. The van der Waals surface area contributed by atoms with E-state index in [-0.39, 0.29) is 12.0 Å².